The number of aliphatic hydroxyl groups is 1. The molecule has 130 valence electrons. The molecule has 2 rings (SSSR count). The number of guanidine groups is 1. The Balaban J connectivity index is 0.00000264. The van der Waals surface area contributed by atoms with Gasteiger partial charge in [0.1, 0.15) is 0 Å². The number of nitrogens with one attached hydrogen (secondary N) is 1. The molecule has 0 bridgehead atoms. The zero-order valence-corrected chi connectivity index (χ0v) is 16.2. The monoisotopic (exact) mass is 435 g/mol. The molecule has 0 saturated carbocycles. The van der Waals surface area contributed by atoms with E-state index in [4.69, 9.17) is 14.6 Å². The van der Waals surface area contributed by atoms with Gasteiger partial charge in [-0.2, -0.15) is 0 Å². The first-order valence-corrected chi connectivity index (χ1v) is 7.62. The van der Waals surface area contributed by atoms with Gasteiger partial charge in [0.15, 0.2) is 17.5 Å². The molecular weight excluding hydrogens is 409 g/mol. The van der Waals surface area contributed by atoms with Crippen LogP contribution in [-0.2, 0) is 6.54 Å². The maximum absolute atomic E-state index is 9.11. The molecule has 0 amide bonds. The van der Waals surface area contributed by atoms with E-state index >= 15 is 0 Å². The van der Waals surface area contributed by atoms with Crippen LogP contribution in [0.3, 0.4) is 0 Å². The number of aliphatic imine (C=N–C) groups is 1. The molecule has 1 aliphatic rings. The second-order valence-electron chi connectivity index (χ2n) is 5.53. The maximum Gasteiger partial charge on any atom is 0.231 e. The number of halogens is 1. The number of ether oxygens (including phenoxy) is 2. The second-order valence-corrected chi connectivity index (χ2v) is 5.53. The van der Waals surface area contributed by atoms with Crippen LogP contribution in [0.5, 0.6) is 11.5 Å². The Hall–Kier alpha value is -1.22. The average molecular weight is 435 g/mol. The van der Waals surface area contributed by atoms with Crippen molar-refractivity contribution in [3.8, 4) is 11.5 Å². The van der Waals surface area contributed by atoms with E-state index in [1.807, 2.05) is 39.1 Å². The summed E-state index contributed by atoms with van der Waals surface area (Å²) in [6.07, 6.45) is 0. The highest BCUT2D eigenvalue weighted by atomic mass is 127. The van der Waals surface area contributed by atoms with E-state index < -0.39 is 0 Å². The first kappa shape index (κ1) is 19.8. The van der Waals surface area contributed by atoms with Crippen LogP contribution in [0.25, 0.3) is 0 Å². The van der Waals surface area contributed by atoms with Crippen molar-refractivity contribution in [1.29, 1.82) is 0 Å². The molecule has 0 aliphatic carbocycles. The fraction of sp³-hybridized carbons (Fsp3) is 0.562. The third-order valence-corrected chi connectivity index (χ3v) is 3.42. The summed E-state index contributed by atoms with van der Waals surface area (Å²) in [7, 11) is 2.00. The van der Waals surface area contributed by atoms with Crippen molar-refractivity contribution in [3.63, 3.8) is 0 Å². The molecule has 1 aromatic rings. The highest BCUT2D eigenvalue weighted by molar-refractivity contribution is 14.0. The lowest BCUT2D eigenvalue weighted by molar-refractivity contribution is 0.174. The largest absolute Gasteiger partial charge is 0.454 e. The zero-order valence-electron chi connectivity index (χ0n) is 13.9. The van der Waals surface area contributed by atoms with Crippen LogP contribution in [0.1, 0.15) is 19.4 Å². The summed E-state index contributed by atoms with van der Waals surface area (Å²) in [4.78, 5) is 6.63. The Kier molecular flexibility index (Phi) is 8.46. The topological polar surface area (TPSA) is 66.3 Å². The quantitative estimate of drug-likeness (QED) is 0.407. The minimum absolute atomic E-state index is 0. The van der Waals surface area contributed by atoms with Crippen LogP contribution in [0.2, 0.25) is 0 Å². The smallest absolute Gasteiger partial charge is 0.231 e. The predicted octanol–water partition coefficient (Wildman–Crippen LogP) is 2.06. The summed E-state index contributed by atoms with van der Waals surface area (Å²) in [5.74, 6) is 2.58. The van der Waals surface area contributed by atoms with Crippen molar-refractivity contribution in [1.82, 2.24) is 10.2 Å². The van der Waals surface area contributed by atoms with Gasteiger partial charge in [-0.15, -0.1) is 24.0 Å². The second kappa shape index (κ2) is 9.82. The standard InChI is InChI=1S/C16H25N3O3.HI/c1-4-17-16(18-8-12(2)10-20)19(3)9-13-5-6-14-15(7-13)22-11-21-14;/h5-7,12,20H,4,8-11H2,1-3H3,(H,17,18);1H. The molecule has 7 heteroatoms. The Labute approximate surface area is 154 Å². The molecule has 0 saturated heterocycles. The Morgan fingerprint density at radius 2 is 2.13 bits per heavy atom. The van der Waals surface area contributed by atoms with Gasteiger partial charge in [0, 0.05) is 33.3 Å². The fourth-order valence-corrected chi connectivity index (χ4v) is 2.16. The number of hydrogen-bond donors (Lipinski definition) is 2. The third-order valence-electron chi connectivity index (χ3n) is 3.42. The molecule has 0 spiro atoms. The number of hydrogen-bond acceptors (Lipinski definition) is 4. The molecule has 0 radical (unpaired) electrons. The van der Waals surface area contributed by atoms with Gasteiger partial charge in [-0.3, -0.25) is 4.99 Å². The van der Waals surface area contributed by atoms with Crippen molar-refractivity contribution >= 4 is 29.9 Å². The lowest BCUT2D eigenvalue weighted by atomic mass is 10.2. The lowest BCUT2D eigenvalue weighted by Gasteiger charge is -2.22. The molecule has 1 unspecified atom stereocenters. The van der Waals surface area contributed by atoms with E-state index in [9.17, 15) is 0 Å². The van der Waals surface area contributed by atoms with E-state index in [0.29, 0.717) is 6.54 Å². The van der Waals surface area contributed by atoms with Crippen LogP contribution in [0.15, 0.2) is 23.2 Å². The van der Waals surface area contributed by atoms with Gasteiger partial charge in [-0.1, -0.05) is 13.0 Å². The molecule has 1 heterocycles. The number of benzene rings is 1. The third kappa shape index (κ3) is 5.72. The summed E-state index contributed by atoms with van der Waals surface area (Å²) in [6, 6.07) is 5.96. The fourth-order valence-electron chi connectivity index (χ4n) is 2.16. The van der Waals surface area contributed by atoms with Crippen molar-refractivity contribution in [2.24, 2.45) is 10.9 Å². The molecule has 1 aromatic carbocycles. The van der Waals surface area contributed by atoms with E-state index in [2.05, 4.69) is 15.2 Å². The molecule has 0 fully saturated rings. The van der Waals surface area contributed by atoms with Crippen molar-refractivity contribution < 1.29 is 14.6 Å². The van der Waals surface area contributed by atoms with Gasteiger partial charge >= 0.3 is 0 Å². The average Bonchev–Trinajstić information content (AvgIpc) is 2.98. The van der Waals surface area contributed by atoms with Gasteiger partial charge in [0.05, 0.1) is 0 Å². The van der Waals surface area contributed by atoms with Crippen LogP contribution in [-0.4, -0.2) is 49.5 Å². The number of fused-ring (bicyclic) bond motifs is 1. The summed E-state index contributed by atoms with van der Waals surface area (Å²) in [6.45, 7) is 6.58. The van der Waals surface area contributed by atoms with Gasteiger partial charge < -0.3 is 24.8 Å². The molecule has 23 heavy (non-hydrogen) atoms. The zero-order chi connectivity index (χ0) is 15.9. The first-order chi connectivity index (χ1) is 10.6. The number of rotatable bonds is 6. The molecule has 1 aliphatic heterocycles. The number of nitrogens with zero attached hydrogens (tertiary/aromatic N) is 2. The van der Waals surface area contributed by atoms with Crippen molar-refractivity contribution in [2.75, 3.05) is 33.5 Å². The lowest BCUT2D eigenvalue weighted by Crippen LogP contribution is -2.38. The summed E-state index contributed by atoms with van der Waals surface area (Å²) < 4.78 is 10.7. The van der Waals surface area contributed by atoms with E-state index in [-0.39, 0.29) is 43.3 Å². The van der Waals surface area contributed by atoms with Crippen LogP contribution in [0.4, 0.5) is 0 Å². The Morgan fingerprint density at radius 1 is 1.39 bits per heavy atom. The first-order valence-electron chi connectivity index (χ1n) is 7.62. The highest BCUT2D eigenvalue weighted by Gasteiger charge is 2.14. The highest BCUT2D eigenvalue weighted by Crippen LogP contribution is 2.32. The van der Waals surface area contributed by atoms with Gasteiger partial charge in [-0.05, 0) is 30.5 Å². The van der Waals surface area contributed by atoms with Gasteiger partial charge in [-0.25, -0.2) is 0 Å². The Morgan fingerprint density at radius 3 is 2.83 bits per heavy atom. The SMILES string of the molecule is CCNC(=NCC(C)CO)N(C)Cc1ccc2c(c1)OCO2.I. The van der Waals surface area contributed by atoms with Crippen molar-refractivity contribution in [2.45, 2.75) is 20.4 Å². The van der Waals surface area contributed by atoms with Crippen LogP contribution < -0.4 is 14.8 Å². The minimum atomic E-state index is 0. The predicted molar refractivity (Wildman–Crippen MR) is 102 cm³/mol. The molecule has 2 N–H and O–H groups in total. The van der Waals surface area contributed by atoms with Gasteiger partial charge in [0.25, 0.3) is 0 Å². The van der Waals surface area contributed by atoms with E-state index in [1.165, 1.54) is 0 Å². The van der Waals surface area contributed by atoms with Crippen molar-refractivity contribution in [3.05, 3.63) is 23.8 Å². The normalized spacial score (nSPS) is 14.2. The number of aliphatic hydroxyl groups excluding tert-OH is 1. The maximum atomic E-state index is 9.11. The summed E-state index contributed by atoms with van der Waals surface area (Å²) in [5, 5.41) is 12.4. The summed E-state index contributed by atoms with van der Waals surface area (Å²) in [5.41, 5.74) is 1.13. The molecule has 6 nitrogen and oxygen atoms in total. The van der Waals surface area contributed by atoms with E-state index in [0.717, 1.165) is 36.1 Å². The van der Waals surface area contributed by atoms with Crippen LogP contribution in [0, 0.1) is 5.92 Å². The summed E-state index contributed by atoms with van der Waals surface area (Å²) >= 11 is 0. The minimum Gasteiger partial charge on any atom is -0.454 e. The molecule has 1 atom stereocenters. The Bertz CT molecular complexity index is 525. The molecular formula is C16H26IN3O3. The van der Waals surface area contributed by atoms with Crippen LogP contribution >= 0.6 is 24.0 Å². The van der Waals surface area contributed by atoms with Gasteiger partial charge in [0.2, 0.25) is 6.79 Å². The molecule has 0 aromatic heterocycles. The van der Waals surface area contributed by atoms with E-state index in [1.54, 1.807) is 0 Å².